The molecule has 0 aliphatic heterocycles. The molecule has 3 N–H and O–H groups in total. The molecule has 3 nitrogen and oxygen atoms in total. The van der Waals surface area contributed by atoms with E-state index in [9.17, 15) is 4.79 Å². The maximum atomic E-state index is 10.6. The zero-order chi connectivity index (χ0) is 10.9. The molecule has 0 rings (SSSR count). The van der Waals surface area contributed by atoms with Gasteiger partial charge in [0.1, 0.15) is 0 Å². The van der Waals surface area contributed by atoms with Crippen molar-refractivity contribution in [2.45, 2.75) is 20.8 Å². The second-order valence-corrected chi connectivity index (χ2v) is 2.02. The smallest absolute Gasteiger partial charge is 0.221 e. The van der Waals surface area contributed by atoms with Gasteiger partial charge in [0.05, 0.1) is 5.70 Å². The Balaban J connectivity index is 0. The van der Waals surface area contributed by atoms with E-state index in [2.05, 4.69) is 18.5 Å². The molecular weight excluding hydrogens is 164 g/mol. The molecule has 0 atom stereocenters. The Morgan fingerprint density at radius 2 is 1.92 bits per heavy atom. The van der Waals surface area contributed by atoms with E-state index in [0.29, 0.717) is 11.4 Å². The van der Waals surface area contributed by atoms with Gasteiger partial charge in [0.2, 0.25) is 5.91 Å². The van der Waals surface area contributed by atoms with Gasteiger partial charge in [-0.15, -0.1) is 0 Å². The number of hydrogen-bond donors (Lipinski definition) is 2. The zero-order valence-electron chi connectivity index (χ0n) is 8.55. The number of rotatable bonds is 3. The fourth-order valence-corrected chi connectivity index (χ4v) is 0.536. The molecular formula is C10H18N2O. The summed E-state index contributed by atoms with van der Waals surface area (Å²) in [6.07, 6.45) is 3.12. The summed E-state index contributed by atoms with van der Waals surface area (Å²) in [4.78, 5) is 10.6. The minimum absolute atomic E-state index is 0.176. The standard InChI is InChI=1S/C8H12N2O.C2H6/c1-4-5-8(6(2)9)10-7(3)11;1-2/h4-5H,1-2,9H2,3H3,(H,10,11);1-2H3/b8-5+;. The van der Waals surface area contributed by atoms with Gasteiger partial charge in [-0.1, -0.05) is 33.1 Å². The maximum absolute atomic E-state index is 10.6. The Kier molecular flexibility index (Phi) is 9.27. The first-order valence-electron chi connectivity index (χ1n) is 4.13. The summed E-state index contributed by atoms with van der Waals surface area (Å²) >= 11 is 0. The number of carbonyl (C=O) groups excluding carboxylic acids is 1. The van der Waals surface area contributed by atoms with Crippen LogP contribution in [0.3, 0.4) is 0 Å². The van der Waals surface area contributed by atoms with Crippen molar-refractivity contribution in [3.8, 4) is 0 Å². The highest BCUT2D eigenvalue weighted by molar-refractivity contribution is 5.75. The highest BCUT2D eigenvalue weighted by Crippen LogP contribution is 1.96. The summed E-state index contributed by atoms with van der Waals surface area (Å²) in [5, 5.41) is 2.51. The summed E-state index contributed by atoms with van der Waals surface area (Å²) in [5.74, 6) is -0.176. The molecule has 74 valence electrons. The Labute approximate surface area is 80.0 Å². The van der Waals surface area contributed by atoms with Gasteiger partial charge < -0.3 is 11.1 Å². The molecule has 1 amide bonds. The molecule has 0 heterocycles. The lowest BCUT2D eigenvalue weighted by Gasteiger charge is -2.04. The van der Waals surface area contributed by atoms with Gasteiger partial charge in [0, 0.05) is 12.6 Å². The summed E-state index contributed by atoms with van der Waals surface area (Å²) < 4.78 is 0. The Morgan fingerprint density at radius 3 is 2.15 bits per heavy atom. The molecule has 0 aromatic heterocycles. The molecule has 0 aliphatic rings. The second kappa shape index (κ2) is 8.59. The average molecular weight is 182 g/mol. The van der Waals surface area contributed by atoms with Crippen molar-refractivity contribution in [1.82, 2.24) is 5.32 Å². The van der Waals surface area contributed by atoms with E-state index in [1.807, 2.05) is 13.8 Å². The monoisotopic (exact) mass is 182 g/mol. The van der Waals surface area contributed by atoms with Crippen LogP contribution in [0.5, 0.6) is 0 Å². The van der Waals surface area contributed by atoms with Crippen molar-refractivity contribution in [3.63, 3.8) is 0 Å². The highest BCUT2D eigenvalue weighted by atomic mass is 16.1. The molecule has 13 heavy (non-hydrogen) atoms. The minimum Gasteiger partial charge on any atom is -0.398 e. The number of allylic oxidation sites excluding steroid dienone is 2. The van der Waals surface area contributed by atoms with E-state index in [1.165, 1.54) is 13.0 Å². The Hall–Kier alpha value is -1.51. The van der Waals surface area contributed by atoms with E-state index in [4.69, 9.17) is 5.73 Å². The van der Waals surface area contributed by atoms with Crippen LogP contribution >= 0.6 is 0 Å². The number of nitrogens with one attached hydrogen (secondary N) is 1. The predicted molar refractivity (Wildman–Crippen MR) is 56.8 cm³/mol. The Morgan fingerprint density at radius 1 is 1.46 bits per heavy atom. The lowest BCUT2D eigenvalue weighted by molar-refractivity contribution is -0.118. The van der Waals surface area contributed by atoms with Crippen LogP contribution in [0.2, 0.25) is 0 Å². The first-order valence-corrected chi connectivity index (χ1v) is 4.13. The molecule has 0 aliphatic carbocycles. The molecule has 0 spiro atoms. The fourth-order valence-electron chi connectivity index (χ4n) is 0.536. The SMILES string of the molecule is C=C/C=C(/NC(C)=O)C(=C)N.CC. The molecule has 3 heteroatoms. The van der Waals surface area contributed by atoms with Crippen molar-refractivity contribution >= 4 is 5.91 Å². The third kappa shape index (κ3) is 8.40. The van der Waals surface area contributed by atoms with Gasteiger partial charge in [-0.05, 0) is 6.08 Å². The van der Waals surface area contributed by atoms with Crippen molar-refractivity contribution in [1.29, 1.82) is 0 Å². The largest absolute Gasteiger partial charge is 0.398 e. The van der Waals surface area contributed by atoms with Crippen LogP contribution in [0.1, 0.15) is 20.8 Å². The minimum atomic E-state index is -0.176. The van der Waals surface area contributed by atoms with Crippen molar-refractivity contribution in [3.05, 3.63) is 36.7 Å². The van der Waals surface area contributed by atoms with Crippen LogP contribution in [-0.4, -0.2) is 5.91 Å². The zero-order valence-corrected chi connectivity index (χ0v) is 8.55. The van der Waals surface area contributed by atoms with Crippen LogP contribution in [-0.2, 0) is 4.79 Å². The van der Waals surface area contributed by atoms with Gasteiger partial charge in [-0.2, -0.15) is 0 Å². The summed E-state index contributed by atoms with van der Waals surface area (Å²) in [6.45, 7) is 12.3. The fraction of sp³-hybridized carbons (Fsp3) is 0.300. The van der Waals surface area contributed by atoms with Crippen molar-refractivity contribution in [2.24, 2.45) is 5.73 Å². The third-order valence-electron chi connectivity index (χ3n) is 0.941. The third-order valence-corrected chi connectivity index (χ3v) is 0.941. The van der Waals surface area contributed by atoms with Crippen molar-refractivity contribution < 1.29 is 4.79 Å². The van der Waals surface area contributed by atoms with Crippen LogP contribution in [0.25, 0.3) is 0 Å². The number of carbonyl (C=O) groups is 1. The lowest BCUT2D eigenvalue weighted by atomic mass is 10.3. The van der Waals surface area contributed by atoms with E-state index < -0.39 is 0 Å². The van der Waals surface area contributed by atoms with Crippen molar-refractivity contribution in [2.75, 3.05) is 0 Å². The van der Waals surface area contributed by atoms with Gasteiger partial charge in [-0.25, -0.2) is 0 Å². The lowest BCUT2D eigenvalue weighted by Crippen LogP contribution is -2.22. The van der Waals surface area contributed by atoms with Crippen LogP contribution in [0.4, 0.5) is 0 Å². The predicted octanol–water partition coefficient (Wildman–Crippen LogP) is 1.69. The van der Waals surface area contributed by atoms with Crippen LogP contribution < -0.4 is 11.1 Å². The first-order chi connectivity index (χ1) is 6.07. The molecule has 0 radical (unpaired) electrons. The van der Waals surface area contributed by atoms with E-state index in [-0.39, 0.29) is 5.91 Å². The number of amides is 1. The van der Waals surface area contributed by atoms with Gasteiger partial charge >= 0.3 is 0 Å². The molecule has 0 aromatic rings. The molecule has 0 unspecified atom stereocenters. The van der Waals surface area contributed by atoms with Gasteiger partial charge in [0.25, 0.3) is 0 Å². The number of nitrogens with two attached hydrogens (primary N) is 1. The quantitative estimate of drug-likeness (QED) is 0.652. The molecule has 0 fully saturated rings. The van der Waals surface area contributed by atoms with E-state index in [0.717, 1.165) is 0 Å². The maximum Gasteiger partial charge on any atom is 0.221 e. The number of hydrogen-bond acceptors (Lipinski definition) is 2. The molecule has 0 bridgehead atoms. The highest BCUT2D eigenvalue weighted by Gasteiger charge is 1.97. The van der Waals surface area contributed by atoms with E-state index in [1.54, 1.807) is 6.08 Å². The normalized spacial score (nSPS) is 9.31. The summed E-state index contributed by atoms with van der Waals surface area (Å²) in [5.41, 5.74) is 6.16. The summed E-state index contributed by atoms with van der Waals surface area (Å²) in [7, 11) is 0. The van der Waals surface area contributed by atoms with Gasteiger partial charge in [0.15, 0.2) is 0 Å². The van der Waals surface area contributed by atoms with Crippen LogP contribution in [0, 0.1) is 0 Å². The first kappa shape index (κ1) is 14.0. The van der Waals surface area contributed by atoms with E-state index >= 15 is 0 Å². The molecule has 0 saturated heterocycles. The second-order valence-electron chi connectivity index (χ2n) is 2.02. The molecule has 0 saturated carbocycles. The van der Waals surface area contributed by atoms with Gasteiger partial charge in [-0.3, -0.25) is 4.79 Å². The van der Waals surface area contributed by atoms with Crippen LogP contribution in [0.15, 0.2) is 36.7 Å². The topological polar surface area (TPSA) is 55.1 Å². The average Bonchev–Trinajstić information content (AvgIpc) is 2.06. The Bertz CT molecular complexity index is 217. The summed E-state index contributed by atoms with van der Waals surface area (Å²) in [6, 6.07) is 0. The molecule has 0 aromatic carbocycles.